The molecule has 3 nitrogen and oxygen atoms in total. The van der Waals surface area contributed by atoms with Crippen molar-refractivity contribution in [3.05, 3.63) is 35.4 Å². The van der Waals surface area contributed by atoms with Gasteiger partial charge < -0.3 is 10.8 Å². The van der Waals surface area contributed by atoms with Gasteiger partial charge in [0.05, 0.1) is 0 Å². The lowest BCUT2D eigenvalue weighted by Gasteiger charge is -2.06. The van der Waals surface area contributed by atoms with Crippen LogP contribution in [0.25, 0.3) is 0 Å². The van der Waals surface area contributed by atoms with E-state index in [0.29, 0.717) is 11.4 Å². The van der Waals surface area contributed by atoms with Crippen LogP contribution in [-0.4, -0.2) is 11.1 Å². The zero-order chi connectivity index (χ0) is 9.84. The van der Waals surface area contributed by atoms with E-state index in [4.69, 9.17) is 22.4 Å². The number of carboxylic acids is 1. The third kappa shape index (κ3) is 3.18. The smallest absolute Gasteiger partial charge is 0.325 e. The Kier molecular flexibility index (Phi) is 5.53. The van der Waals surface area contributed by atoms with Gasteiger partial charge in [-0.25, -0.2) is 0 Å². The van der Waals surface area contributed by atoms with E-state index in [1.165, 1.54) is 0 Å². The van der Waals surface area contributed by atoms with Crippen molar-refractivity contribution in [3.63, 3.8) is 0 Å². The van der Waals surface area contributed by atoms with Gasteiger partial charge >= 0.3 is 5.97 Å². The highest BCUT2D eigenvalue weighted by molar-refractivity contribution is 6.17. The van der Waals surface area contributed by atoms with Crippen LogP contribution in [-0.2, 0) is 10.7 Å². The van der Waals surface area contributed by atoms with Crippen molar-refractivity contribution < 1.29 is 9.90 Å². The molecule has 0 bridgehead atoms. The van der Waals surface area contributed by atoms with Crippen molar-refractivity contribution in [3.8, 4) is 0 Å². The Morgan fingerprint density at radius 3 is 2.29 bits per heavy atom. The molecule has 0 spiro atoms. The Morgan fingerprint density at radius 1 is 1.43 bits per heavy atom. The molecule has 1 rings (SSSR count). The van der Waals surface area contributed by atoms with E-state index in [1.807, 2.05) is 0 Å². The number of alkyl halides is 1. The van der Waals surface area contributed by atoms with E-state index < -0.39 is 12.0 Å². The van der Waals surface area contributed by atoms with Gasteiger partial charge in [0.15, 0.2) is 0 Å². The van der Waals surface area contributed by atoms with Crippen molar-refractivity contribution in [2.45, 2.75) is 11.9 Å². The van der Waals surface area contributed by atoms with E-state index >= 15 is 0 Å². The Hall–Kier alpha value is -0.770. The number of carboxylic acid groups (broad SMARTS) is 1. The number of halogens is 2. The molecule has 0 fully saturated rings. The summed E-state index contributed by atoms with van der Waals surface area (Å²) in [7, 11) is 0. The molecule has 1 aromatic rings. The monoisotopic (exact) mass is 235 g/mol. The van der Waals surface area contributed by atoms with Gasteiger partial charge in [0.25, 0.3) is 0 Å². The molecule has 0 saturated heterocycles. The molecule has 3 N–H and O–H groups in total. The Balaban J connectivity index is 0.00000169. The number of hydrogen-bond acceptors (Lipinski definition) is 2. The fourth-order valence-electron chi connectivity index (χ4n) is 0.957. The summed E-state index contributed by atoms with van der Waals surface area (Å²) in [5, 5.41) is 8.61. The van der Waals surface area contributed by atoms with Gasteiger partial charge in [0.2, 0.25) is 0 Å². The third-order valence-corrected chi connectivity index (χ3v) is 2.07. The van der Waals surface area contributed by atoms with Gasteiger partial charge in [-0.05, 0) is 11.1 Å². The van der Waals surface area contributed by atoms with Crippen LogP contribution in [0.3, 0.4) is 0 Å². The quantitative estimate of drug-likeness (QED) is 0.788. The fraction of sp³-hybridized carbons (Fsp3) is 0.222. The third-order valence-electron chi connectivity index (χ3n) is 1.76. The Morgan fingerprint density at radius 2 is 1.93 bits per heavy atom. The number of carbonyl (C=O) groups is 1. The van der Waals surface area contributed by atoms with Crippen LogP contribution in [0.15, 0.2) is 24.3 Å². The molecule has 0 aliphatic heterocycles. The van der Waals surface area contributed by atoms with Crippen molar-refractivity contribution in [1.82, 2.24) is 0 Å². The predicted molar refractivity (Wildman–Crippen MR) is 57.8 cm³/mol. The molecule has 0 aliphatic carbocycles. The van der Waals surface area contributed by atoms with E-state index in [1.54, 1.807) is 24.3 Å². The highest BCUT2D eigenvalue weighted by atomic mass is 35.5. The van der Waals surface area contributed by atoms with Crippen molar-refractivity contribution >= 4 is 30.0 Å². The summed E-state index contributed by atoms with van der Waals surface area (Å²) in [5.41, 5.74) is 6.93. The number of benzene rings is 1. The van der Waals surface area contributed by atoms with E-state index in [9.17, 15) is 4.79 Å². The number of hydrogen-bond donors (Lipinski definition) is 2. The number of rotatable bonds is 3. The molecule has 0 saturated carbocycles. The van der Waals surface area contributed by atoms with Gasteiger partial charge in [-0.15, -0.1) is 24.0 Å². The first-order valence-corrected chi connectivity index (χ1v) is 4.32. The van der Waals surface area contributed by atoms with Gasteiger partial charge in [0, 0.05) is 5.88 Å². The van der Waals surface area contributed by atoms with E-state index in [2.05, 4.69) is 0 Å². The van der Waals surface area contributed by atoms with Crippen LogP contribution in [0.1, 0.15) is 17.2 Å². The molecule has 0 aromatic heterocycles. The van der Waals surface area contributed by atoms with Crippen LogP contribution in [0.2, 0.25) is 0 Å². The average molecular weight is 236 g/mol. The minimum absolute atomic E-state index is 0. The molecule has 78 valence electrons. The molecule has 0 heterocycles. The summed E-state index contributed by atoms with van der Waals surface area (Å²) in [6, 6.07) is 5.94. The van der Waals surface area contributed by atoms with Crippen molar-refractivity contribution in [2.75, 3.05) is 0 Å². The molecule has 0 radical (unpaired) electrons. The molecule has 1 unspecified atom stereocenters. The lowest BCUT2D eigenvalue weighted by molar-refractivity contribution is -0.138. The number of nitrogens with two attached hydrogens (primary N) is 1. The van der Waals surface area contributed by atoms with Gasteiger partial charge in [-0.2, -0.15) is 0 Å². The fourth-order valence-corrected chi connectivity index (χ4v) is 1.13. The molecule has 0 aliphatic rings. The summed E-state index contributed by atoms with van der Waals surface area (Å²) >= 11 is 5.57. The maximum absolute atomic E-state index is 10.5. The second-order valence-electron chi connectivity index (χ2n) is 2.69. The topological polar surface area (TPSA) is 63.3 Å². The largest absolute Gasteiger partial charge is 0.480 e. The van der Waals surface area contributed by atoms with Gasteiger partial charge in [-0.1, -0.05) is 24.3 Å². The standard InChI is InChI=1S/C9H10ClNO2.ClH/c10-5-6-1-3-7(4-2-6)8(11)9(12)13;/h1-4,8H,5,11H2,(H,12,13);1H. The zero-order valence-electron chi connectivity index (χ0n) is 7.31. The van der Waals surface area contributed by atoms with Crippen LogP contribution in [0, 0.1) is 0 Å². The molecular weight excluding hydrogens is 225 g/mol. The second kappa shape index (κ2) is 5.86. The van der Waals surface area contributed by atoms with Gasteiger partial charge in [0.1, 0.15) is 6.04 Å². The second-order valence-corrected chi connectivity index (χ2v) is 2.96. The first kappa shape index (κ1) is 13.2. The van der Waals surface area contributed by atoms with Crippen LogP contribution in [0.4, 0.5) is 0 Å². The maximum atomic E-state index is 10.5. The summed E-state index contributed by atoms with van der Waals surface area (Å²) < 4.78 is 0. The van der Waals surface area contributed by atoms with Crippen molar-refractivity contribution in [1.29, 1.82) is 0 Å². The van der Waals surface area contributed by atoms with Crippen LogP contribution in [0.5, 0.6) is 0 Å². The number of aliphatic carboxylic acids is 1. The minimum atomic E-state index is -1.03. The Bertz CT molecular complexity index is 300. The summed E-state index contributed by atoms with van der Waals surface area (Å²) in [6.45, 7) is 0. The maximum Gasteiger partial charge on any atom is 0.325 e. The minimum Gasteiger partial charge on any atom is -0.480 e. The molecule has 1 atom stereocenters. The zero-order valence-corrected chi connectivity index (χ0v) is 8.89. The SMILES string of the molecule is Cl.NC(C(=O)O)c1ccc(CCl)cc1. The van der Waals surface area contributed by atoms with E-state index in [0.717, 1.165) is 5.56 Å². The van der Waals surface area contributed by atoms with Crippen LogP contribution < -0.4 is 5.73 Å². The summed E-state index contributed by atoms with van der Waals surface area (Å²) in [5.74, 6) is -0.610. The van der Waals surface area contributed by atoms with Gasteiger partial charge in [-0.3, -0.25) is 4.79 Å². The van der Waals surface area contributed by atoms with E-state index in [-0.39, 0.29) is 12.4 Å². The molecular formula is C9H11Cl2NO2. The molecule has 1 aromatic carbocycles. The van der Waals surface area contributed by atoms with Crippen molar-refractivity contribution in [2.24, 2.45) is 5.73 Å². The Labute approximate surface area is 93.3 Å². The first-order valence-electron chi connectivity index (χ1n) is 3.78. The lowest BCUT2D eigenvalue weighted by Crippen LogP contribution is -2.20. The summed E-state index contributed by atoms with van der Waals surface area (Å²) in [6.07, 6.45) is 0. The highest BCUT2D eigenvalue weighted by Gasteiger charge is 2.13. The molecule has 0 amide bonds. The highest BCUT2D eigenvalue weighted by Crippen LogP contribution is 2.12. The molecule has 5 heteroatoms. The average Bonchev–Trinajstić information content (AvgIpc) is 2.17. The molecule has 14 heavy (non-hydrogen) atoms. The first-order chi connectivity index (χ1) is 6.15. The summed E-state index contributed by atoms with van der Waals surface area (Å²) in [4.78, 5) is 10.5. The normalized spacial score (nSPS) is 11.6. The van der Waals surface area contributed by atoms with Crippen LogP contribution >= 0.6 is 24.0 Å². The lowest BCUT2D eigenvalue weighted by atomic mass is 10.1. The predicted octanol–water partition coefficient (Wildman–Crippen LogP) is 1.93.